The minimum atomic E-state index is -4.73. The highest BCUT2D eigenvalue weighted by Gasteiger charge is 2.35. The van der Waals surface area contributed by atoms with Crippen molar-refractivity contribution in [3.8, 4) is 11.1 Å². The van der Waals surface area contributed by atoms with E-state index in [1.54, 1.807) is 0 Å². The van der Waals surface area contributed by atoms with Gasteiger partial charge in [-0.1, -0.05) is 34.8 Å². The summed E-state index contributed by atoms with van der Waals surface area (Å²) in [4.78, 5) is 3.01. The Labute approximate surface area is 126 Å². The van der Waals surface area contributed by atoms with Crippen LogP contribution in [0.15, 0.2) is 24.4 Å². The van der Waals surface area contributed by atoms with Crippen LogP contribution in [0.5, 0.6) is 0 Å². The molecular formula is C12H4Cl3F4N. The SMILES string of the molecule is Fc1cc(-c2c(Cl)ccc(Cl)c2Cl)c(C(F)(F)F)cn1. The lowest BCUT2D eigenvalue weighted by atomic mass is 10.0. The van der Waals surface area contributed by atoms with E-state index in [-0.39, 0.29) is 20.6 Å². The largest absolute Gasteiger partial charge is 0.418 e. The average molecular weight is 345 g/mol. The van der Waals surface area contributed by atoms with Crippen molar-refractivity contribution in [1.29, 1.82) is 0 Å². The van der Waals surface area contributed by atoms with Crippen LogP contribution >= 0.6 is 34.8 Å². The summed E-state index contributed by atoms with van der Waals surface area (Å²) in [7, 11) is 0. The van der Waals surface area contributed by atoms with Crippen LogP contribution in [0.3, 0.4) is 0 Å². The minimum Gasteiger partial charge on any atom is -0.228 e. The first kappa shape index (κ1) is 15.4. The molecule has 106 valence electrons. The molecule has 8 heteroatoms. The van der Waals surface area contributed by atoms with Crippen molar-refractivity contribution in [2.45, 2.75) is 6.18 Å². The van der Waals surface area contributed by atoms with Gasteiger partial charge in [0.2, 0.25) is 5.95 Å². The molecule has 0 aliphatic heterocycles. The molecule has 20 heavy (non-hydrogen) atoms. The molecule has 0 atom stereocenters. The summed E-state index contributed by atoms with van der Waals surface area (Å²) >= 11 is 17.5. The zero-order valence-corrected chi connectivity index (χ0v) is 11.7. The molecule has 1 aromatic carbocycles. The van der Waals surface area contributed by atoms with Crippen molar-refractivity contribution in [1.82, 2.24) is 4.98 Å². The lowest BCUT2D eigenvalue weighted by molar-refractivity contribution is -0.137. The quantitative estimate of drug-likeness (QED) is 0.358. The van der Waals surface area contributed by atoms with Crippen molar-refractivity contribution in [3.63, 3.8) is 0 Å². The highest BCUT2D eigenvalue weighted by molar-refractivity contribution is 6.46. The lowest BCUT2D eigenvalue weighted by Crippen LogP contribution is -2.09. The topological polar surface area (TPSA) is 12.9 Å². The van der Waals surface area contributed by atoms with Gasteiger partial charge in [-0.05, 0) is 12.1 Å². The van der Waals surface area contributed by atoms with E-state index in [1.807, 2.05) is 0 Å². The van der Waals surface area contributed by atoms with Crippen LogP contribution in [0.2, 0.25) is 15.1 Å². The van der Waals surface area contributed by atoms with Crippen molar-refractivity contribution in [2.24, 2.45) is 0 Å². The second kappa shape index (κ2) is 5.39. The molecule has 0 fully saturated rings. The fourth-order valence-corrected chi connectivity index (χ4v) is 2.37. The van der Waals surface area contributed by atoms with E-state index in [9.17, 15) is 17.6 Å². The average Bonchev–Trinajstić information content (AvgIpc) is 2.33. The van der Waals surface area contributed by atoms with Gasteiger partial charge in [-0.3, -0.25) is 0 Å². The summed E-state index contributed by atoms with van der Waals surface area (Å²) in [6, 6.07) is 3.23. The Hall–Kier alpha value is -1.04. The smallest absolute Gasteiger partial charge is 0.228 e. The molecule has 2 rings (SSSR count). The van der Waals surface area contributed by atoms with E-state index < -0.39 is 23.3 Å². The predicted octanol–water partition coefficient (Wildman–Crippen LogP) is 5.87. The van der Waals surface area contributed by atoms with Crippen LogP contribution in [0.25, 0.3) is 11.1 Å². The molecule has 0 bridgehead atoms. The molecule has 0 radical (unpaired) electrons. The fraction of sp³-hybridized carbons (Fsp3) is 0.0833. The monoisotopic (exact) mass is 343 g/mol. The number of alkyl halides is 3. The summed E-state index contributed by atoms with van der Waals surface area (Å²) in [5.41, 5.74) is -1.85. The van der Waals surface area contributed by atoms with Crippen LogP contribution in [0.4, 0.5) is 17.6 Å². The Kier molecular flexibility index (Phi) is 4.14. The molecule has 0 unspecified atom stereocenters. The van der Waals surface area contributed by atoms with Gasteiger partial charge in [-0.2, -0.15) is 17.6 Å². The molecule has 0 N–H and O–H groups in total. The molecule has 0 aliphatic rings. The second-order valence-electron chi connectivity index (χ2n) is 3.77. The van der Waals surface area contributed by atoms with Crippen molar-refractivity contribution in [3.05, 3.63) is 51.0 Å². The molecule has 0 saturated heterocycles. The van der Waals surface area contributed by atoms with Gasteiger partial charge >= 0.3 is 6.18 Å². The molecule has 2 aromatic rings. The molecule has 0 spiro atoms. The lowest BCUT2D eigenvalue weighted by Gasteiger charge is -2.15. The number of hydrogen-bond acceptors (Lipinski definition) is 1. The van der Waals surface area contributed by atoms with Gasteiger partial charge in [0.15, 0.2) is 0 Å². The normalized spacial score (nSPS) is 11.8. The molecule has 1 heterocycles. The van der Waals surface area contributed by atoms with E-state index >= 15 is 0 Å². The summed E-state index contributed by atoms with van der Waals surface area (Å²) in [6.07, 6.45) is -4.34. The highest BCUT2D eigenvalue weighted by atomic mass is 35.5. The summed E-state index contributed by atoms with van der Waals surface area (Å²) in [6.45, 7) is 0. The summed E-state index contributed by atoms with van der Waals surface area (Å²) in [5, 5.41) is -0.248. The number of hydrogen-bond donors (Lipinski definition) is 0. The third-order valence-electron chi connectivity index (χ3n) is 2.49. The number of pyridine rings is 1. The Bertz CT molecular complexity index is 670. The van der Waals surface area contributed by atoms with Gasteiger partial charge in [0.05, 0.1) is 20.6 Å². The maximum atomic E-state index is 13.2. The van der Waals surface area contributed by atoms with E-state index in [0.717, 1.165) is 0 Å². The number of aromatic nitrogens is 1. The van der Waals surface area contributed by atoms with Gasteiger partial charge in [0.25, 0.3) is 0 Å². The second-order valence-corrected chi connectivity index (χ2v) is 4.96. The minimum absolute atomic E-state index is 0.0106. The van der Waals surface area contributed by atoms with E-state index in [0.29, 0.717) is 12.3 Å². The first-order valence-corrected chi connectivity index (χ1v) is 6.22. The maximum Gasteiger partial charge on any atom is 0.418 e. The van der Waals surface area contributed by atoms with E-state index in [4.69, 9.17) is 34.8 Å². The highest BCUT2D eigenvalue weighted by Crippen LogP contribution is 2.44. The van der Waals surface area contributed by atoms with Crippen molar-refractivity contribution in [2.75, 3.05) is 0 Å². The van der Waals surface area contributed by atoms with Gasteiger partial charge < -0.3 is 0 Å². The van der Waals surface area contributed by atoms with Gasteiger partial charge in [-0.15, -0.1) is 0 Å². The van der Waals surface area contributed by atoms with Crippen LogP contribution < -0.4 is 0 Å². The standard InChI is InChI=1S/C12H4Cl3F4N/c13-7-1-2-8(14)11(15)10(7)5-3-9(16)20-4-6(5)12(17,18)19/h1-4H. The number of halogens is 7. The third-order valence-corrected chi connectivity index (χ3v) is 3.61. The first-order valence-electron chi connectivity index (χ1n) is 5.08. The molecule has 0 amide bonds. The predicted molar refractivity (Wildman–Crippen MR) is 69.7 cm³/mol. The van der Waals surface area contributed by atoms with Gasteiger partial charge in [-0.25, -0.2) is 4.98 Å². The summed E-state index contributed by atoms with van der Waals surface area (Å²) < 4.78 is 52.0. The number of benzene rings is 1. The van der Waals surface area contributed by atoms with E-state index in [2.05, 4.69) is 4.98 Å². The molecule has 0 saturated carbocycles. The Morgan fingerprint density at radius 3 is 2.20 bits per heavy atom. The van der Waals surface area contributed by atoms with Crippen LogP contribution in [0.1, 0.15) is 5.56 Å². The number of rotatable bonds is 1. The molecular weight excluding hydrogens is 340 g/mol. The first-order chi connectivity index (χ1) is 9.21. The Morgan fingerprint density at radius 1 is 1.00 bits per heavy atom. The zero-order valence-electron chi connectivity index (χ0n) is 9.40. The van der Waals surface area contributed by atoms with E-state index in [1.165, 1.54) is 12.1 Å². The van der Waals surface area contributed by atoms with Crippen LogP contribution in [-0.4, -0.2) is 4.98 Å². The zero-order chi connectivity index (χ0) is 15.1. The Balaban J connectivity index is 2.82. The number of nitrogens with zero attached hydrogens (tertiary/aromatic N) is 1. The van der Waals surface area contributed by atoms with Crippen molar-refractivity contribution < 1.29 is 17.6 Å². The van der Waals surface area contributed by atoms with Gasteiger partial charge in [0, 0.05) is 23.4 Å². The van der Waals surface area contributed by atoms with Crippen LogP contribution in [0, 0.1) is 5.95 Å². The van der Waals surface area contributed by atoms with Gasteiger partial charge in [0.1, 0.15) is 0 Å². The third kappa shape index (κ3) is 2.85. The molecule has 1 nitrogen and oxygen atoms in total. The van der Waals surface area contributed by atoms with Crippen molar-refractivity contribution >= 4 is 34.8 Å². The molecule has 1 aromatic heterocycles. The maximum absolute atomic E-state index is 13.2. The van der Waals surface area contributed by atoms with Crippen LogP contribution in [-0.2, 0) is 6.18 Å². The summed E-state index contributed by atoms with van der Waals surface area (Å²) in [5.74, 6) is -1.08. The fourth-order valence-electron chi connectivity index (χ4n) is 1.64. The Morgan fingerprint density at radius 2 is 1.60 bits per heavy atom. The molecule has 0 aliphatic carbocycles.